The summed E-state index contributed by atoms with van der Waals surface area (Å²) in [6.45, 7) is 0.399. The molecule has 1 fully saturated rings. The smallest absolute Gasteiger partial charge is 0.253 e. The Hall–Kier alpha value is -2.22. The minimum atomic E-state index is -3.44. The maximum atomic E-state index is 12.5. The average Bonchev–Trinajstić information content (AvgIpc) is 3.12. The number of hydrogen-bond acceptors (Lipinski definition) is 5. The SMILES string of the molecule is NC[C@H]1CC[C@@H](C(=O)Nc2cccc(CS(=O)(=O)c3ccccc3)c2)O1. The van der Waals surface area contributed by atoms with Gasteiger partial charge in [-0.3, -0.25) is 4.79 Å². The van der Waals surface area contributed by atoms with Crippen LogP contribution in [0.1, 0.15) is 18.4 Å². The van der Waals surface area contributed by atoms with Crippen LogP contribution in [0.25, 0.3) is 0 Å². The Morgan fingerprint density at radius 3 is 2.58 bits per heavy atom. The largest absolute Gasteiger partial charge is 0.364 e. The number of carbonyl (C=O) groups is 1. The maximum Gasteiger partial charge on any atom is 0.253 e. The van der Waals surface area contributed by atoms with E-state index in [4.69, 9.17) is 10.5 Å². The van der Waals surface area contributed by atoms with E-state index in [-0.39, 0.29) is 22.7 Å². The van der Waals surface area contributed by atoms with Gasteiger partial charge in [0, 0.05) is 12.2 Å². The van der Waals surface area contributed by atoms with Gasteiger partial charge in [-0.2, -0.15) is 0 Å². The lowest BCUT2D eigenvalue weighted by Crippen LogP contribution is -2.29. The van der Waals surface area contributed by atoms with Crippen molar-refractivity contribution in [2.24, 2.45) is 5.73 Å². The summed E-state index contributed by atoms with van der Waals surface area (Å²) < 4.78 is 30.6. The summed E-state index contributed by atoms with van der Waals surface area (Å²) in [6, 6.07) is 15.2. The van der Waals surface area contributed by atoms with Gasteiger partial charge in [0.1, 0.15) is 6.10 Å². The molecule has 1 saturated heterocycles. The van der Waals surface area contributed by atoms with Gasteiger partial charge in [0.15, 0.2) is 9.84 Å². The van der Waals surface area contributed by atoms with Crippen molar-refractivity contribution in [1.82, 2.24) is 0 Å². The number of nitrogens with two attached hydrogens (primary N) is 1. The molecule has 2 aromatic carbocycles. The Morgan fingerprint density at radius 1 is 1.12 bits per heavy atom. The van der Waals surface area contributed by atoms with Crippen molar-refractivity contribution in [2.75, 3.05) is 11.9 Å². The number of hydrogen-bond donors (Lipinski definition) is 2. The van der Waals surface area contributed by atoms with Crippen molar-refractivity contribution < 1.29 is 17.9 Å². The van der Waals surface area contributed by atoms with Crippen molar-refractivity contribution in [1.29, 1.82) is 0 Å². The summed E-state index contributed by atoms with van der Waals surface area (Å²) in [7, 11) is -3.44. The van der Waals surface area contributed by atoms with E-state index >= 15 is 0 Å². The predicted octanol–water partition coefficient (Wildman–Crippen LogP) is 2.11. The molecule has 0 aromatic heterocycles. The van der Waals surface area contributed by atoms with Crippen LogP contribution >= 0.6 is 0 Å². The highest BCUT2D eigenvalue weighted by atomic mass is 32.2. The topological polar surface area (TPSA) is 98.5 Å². The summed E-state index contributed by atoms with van der Waals surface area (Å²) in [5.41, 5.74) is 6.72. The predicted molar refractivity (Wildman–Crippen MR) is 99.4 cm³/mol. The normalized spacial score (nSPS) is 20.0. The molecular formula is C19H22N2O4S. The van der Waals surface area contributed by atoms with Gasteiger partial charge in [-0.15, -0.1) is 0 Å². The third kappa shape index (κ3) is 4.49. The number of benzene rings is 2. The zero-order valence-corrected chi connectivity index (χ0v) is 15.1. The first kappa shape index (κ1) is 18.6. The molecule has 3 N–H and O–H groups in total. The molecule has 0 saturated carbocycles. The van der Waals surface area contributed by atoms with Gasteiger partial charge in [0.25, 0.3) is 5.91 Å². The van der Waals surface area contributed by atoms with E-state index in [1.165, 1.54) is 0 Å². The van der Waals surface area contributed by atoms with Crippen LogP contribution in [-0.2, 0) is 25.1 Å². The van der Waals surface area contributed by atoms with Crippen molar-refractivity contribution in [3.63, 3.8) is 0 Å². The van der Waals surface area contributed by atoms with E-state index in [0.717, 1.165) is 6.42 Å². The number of carbonyl (C=O) groups excluding carboxylic acids is 1. The number of sulfone groups is 1. The first-order valence-corrected chi connectivity index (χ1v) is 10.2. The maximum absolute atomic E-state index is 12.5. The Kier molecular flexibility index (Phi) is 5.70. The molecule has 7 heteroatoms. The molecular weight excluding hydrogens is 352 g/mol. The van der Waals surface area contributed by atoms with Crippen LogP contribution in [0.4, 0.5) is 5.69 Å². The molecule has 26 heavy (non-hydrogen) atoms. The lowest BCUT2D eigenvalue weighted by atomic mass is 10.1. The number of anilines is 1. The highest BCUT2D eigenvalue weighted by Gasteiger charge is 2.29. The molecule has 2 aromatic rings. The van der Waals surface area contributed by atoms with Gasteiger partial charge in [0.2, 0.25) is 0 Å². The molecule has 1 heterocycles. The molecule has 0 radical (unpaired) electrons. The van der Waals surface area contributed by atoms with E-state index in [9.17, 15) is 13.2 Å². The van der Waals surface area contributed by atoms with Crippen LogP contribution < -0.4 is 11.1 Å². The fraction of sp³-hybridized carbons (Fsp3) is 0.316. The lowest BCUT2D eigenvalue weighted by Gasteiger charge is -2.13. The van der Waals surface area contributed by atoms with Gasteiger partial charge in [-0.1, -0.05) is 30.3 Å². The summed E-state index contributed by atoms with van der Waals surface area (Å²) in [5.74, 6) is -0.361. The average molecular weight is 374 g/mol. The highest BCUT2D eigenvalue weighted by molar-refractivity contribution is 7.90. The number of amides is 1. The van der Waals surface area contributed by atoms with Crippen LogP contribution in [0, 0.1) is 0 Å². The van der Waals surface area contributed by atoms with Crippen LogP contribution in [0.15, 0.2) is 59.5 Å². The van der Waals surface area contributed by atoms with Crippen molar-refractivity contribution >= 4 is 21.4 Å². The van der Waals surface area contributed by atoms with Crippen LogP contribution in [0.2, 0.25) is 0 Å². The molecule has 0 unspecified atom stereocenters. The van der Waals surface area contributed by atoms with Crippen molar-refractivity contribution in [3.8, 4) is 0 Å². The summed E-state index contributed by atoms with van der Waals surface area (Å²) in [5, 5.41) is 2.79. The van der Waals surface area contributed by atoms with Crippen molar-refractivity contribution in [2.45, 2.75) is 35.7 Å². The van der Waals surface area contributed by atoms with E-state index < -0.39 is 15.9 Å². The Balaban J connectivity index is 1.68. The zero-order chi connectivity index (χ0) is 18.6. The molecule has 1 aliphatic heterocycles. The number of ether oxygens (including phenoxy) is 1. The summed E-state index contributed by atoms with van der Waals surface area (Å²) in [4.78, 5) is 12.6. The Bertz CT molecular complexity index is 868. The van der Waals surface area contributed by atoms with E-state index in [1.807, 2.05) is 0 Å². The van der Waals surface area contributed by atoms with Gasteiger partial charge >= 0.3 is 0 Å². The molecule has 0 bridgehead atoms. The standard InChI is InChI=1S/C19H22N2O4S/c20-12-16-9-10-18(25-16)19(22)21-15-6-4-5-14(11-15)13-26(23,24)17-7-2-1-3-8-17/h1-8,11,16,18H,9-10,12-13,20H2,(H,21,22)/t16-,18+/m1/s1. The molecule has 6 nitrogen and oxygen atoms in total. The molecule has 1 aliphatic rings. The first-order valence-electron chi connectivity index (χ1n) is 8.51. The minimum absolute atomic E-state index is 0.0758. The fourth-order valence-corrected chi connectivity index (χ4v) is 4.32. The monoisotopic (exact) mass is 374 g/mol. The van der Waals surface area contributed by atoms with E-state index in [0.29, 0.717) is 24.2 Å². The van der Waals surface area contributed by atoms with Crippen LogP contribution in [0.5, 0.6) is 0 Å². The molecule has 138 valence electrons. The molecule has 0 spiro atoms. The first-order chi connectivity index (χ1) is 12.5. The highest BCUT2D eigenvalue weighted by Crippen LogP contribution is 2.22. The second kappa shape index (κ2) is 7.99. The molecule has 1 amide bonds. The third-order valence-corrected chi connectivity index (χ3v) is 6.02. The van der Waals surface area contributed by atoms with Gasteiger partial charge in [0.05, 0.1) is 16.8 Å². The molecule has 2 atom stereocenters. The fourth-order valence-electron chi connectivity index (χ4n) is 2.96. The zero-order valence-electron chi connectivity index (χ0n) is 14.3. The van der Waals surface area contributed by atoms with E-state index in [2.05, 4.69) is 5.32 Å². The minimum Gasteiger partial charge on any atom is -0.364 e. The van der Waals surface area contributed by atoms with Crippen LogP contribution in [-0.4, -0.2) is 33.1 Å². The summed E-state index contributed by atoms with van der Waals surface area (Å²) in [6.07, 6.45) is 0.813. The van der Waals surface area contributed by atoms with Crippen molar-refractivity contribution in [3.05, 3.63) is 60.2 Å². The van der Waals surface area contributed by atoms with E-state index in [1.54, 1.807) is 54.6 Å². The Labute approximate surface area is 153 Å². The van der Waals surface area contributed by atoms with Gasteiger partial charge in [-0.05, 0) is 42.7 Å². The van der Waals surface area contributed by atoms with Crippen LogP contribution in [0.3, 0.4) is 0 Å². The van der Waals surface area contributed by atoms with Gasteiger partial charge < -0.3 is 15.8 Å². The quantitative estimate of drug-likeness (QED) is 0.807. The number of rotatable bonds is 6. The van der Waals surface area contributed by atoms with Gasteiger partial charge in [-0.25, -0.2) is 8.42 Å². The second-order valence-corrected chi connectivity index (χ2v) is 8.31. The molecule has 0 aliphatic carbocycles. The number of nitrogens with one attached hydrogen (secondary N) is 1. The summed E-state index contributed by atoms with van der Waals surface area (Å²) >= 11 is 0. The lowest BCUT2D eigenvalue weighted by molar-refractivity contribution is -0.126. The Morgan fingerprint density at radius 2 is 1.88 bits per heavy atom. The third-order valence-electron chi connectivity index (χ3n) is 4.32. The second-order valence-electron chi connectivity index (χ2n) is 6.32. The molecule has 3 rings (SSSR count).